The molecule has 1 fully saturated rings. The first-order valence-corrected chi connectivity index (χ1v) is 5.90. The minimum Gasteiger partial charge on any atom is -0.481 e. The molecule has 92 valence electrons. The Kier molecular flexibility index (Phi) is 3.15. The Balaban J connectivity index is 2.37. The molecule has 0 amide bonds. The van der Waals surface area contributed by atoms with Crippen molar-refractivity contribution in [2.45, 2.75) is 38.2 Å². The van der Waals surface area contributed by atoms with Crippen LogP contribution in [0.3, 0.4) is 0 Å². The van der Waals surface area contributed by atoms with Crippen molar-refractivity contribution in [2.75, 3.05) is 0 Å². The van der Waals surface area contributed by atoms with Crippen LogP contribution in [0.25, 0.3) is 0 Å². The summed E-state index contributed by atoms with van der Waals surface area (Å²) in [7, 11) is 0. The van der Waals surface area contributed by atoms with E-state index in [1.807, 2.05) is 12.1 Å². The predicted molar refractivity (Wildman–Crippen MR) is 62.5 cm³/mol. The van der Waals surface area contributed by atoms with Gasteiger partial charge in [-0.2, -0.15) is 0 Å². The van der Waals surface area contributed by atoms with Crippen LogP contribution in [-0.4, -0.2) is 21.2 Å². The SMILES string of the molecule is CC(C(=O)O)C1(c2cccc(CO)n2)CCC1. The van der Waals surface area contributed by atoms with Crippen LogP contribution in [0, 0.1) is 5.92 Å². The lowest BCUT2D eigenvalue weighted by atomic mass is 9.59. The first-order chi connectivity index (χ1) is 8.10. The quantitative estimate of drug-likeness (QED) is 0.833. The van der Waals surface area contributed by atoms with Crippen molar-refractivity contribution in [1.29, 1.82) is 0 Å². The molecule has 0 saturated heterocycles. The van der Waals surface area contributed by atoms with Crippen LogP contribution in [0.4, 0.5) is 0 Å². The van der Waals surface area contributed by atoms with Crippen LogP contribution in [0.1, 0.15) is 37.6 Å². The zero-order chi connectivity index (χ0) is 12.5. The molecule has 1 aromatic rings. The highest BCUT2D eigenvalue weighted by Gasteiger charge is 2.47. The first-order valence-electron chi connectivity index (χ1n) is 5.90. The van der Waals surface area contributed by atoms with Gasteiger partial charge in [-0.3, -0.25) is 9.78 Å². The molecule has 1 saturated carbocycles. The normalized spacial score (nSPS) is 19.4. The van der Waals surface area contributed by atoms with Crippen molar-refractivity contribution >= 4 is 5.97 Å². The Morgan fingerprint density at radius 3 is 2.71 bits per heavy atom. The largest absolute Gasteiger partial charge is 0.481 e. The standard InChI is InChI=1S/C13H17NO3/c1-9(12(16)17)13(6-3-7-13)11-5-2-4-10(8-15)14-11/h2,4-5,9,15H,3,6-8H2,1H3,(H,16,17). The molecule has 1 heterocycles. The van der Waals surface area contributed by atoms with Gasteiger partial charge >= 0.3 is 5.97 Å². The number of aromatic nitrogens is 1. The fraction of sp³-hybridized carbons (Fsp3) is 0.538. The highest BCUT2D eigenvalue weighted by molar-refractivity contribution is 5.72. The van der Waals surface area contributed by atoms with E-state index in [4.69, 9.17) is 5.11 Å². The van der Waals surface area contributed by atoms with E-state index in [2.05, 4.69) is 4.98 Å². The van der Waals surface area contributed by atoms with Crippen LogP contribution in [0.15, 0.2) is 18.2 Å². The minimum atomic E-state index is -0.777. The molecule has 1 aromatic heterocycles. The third-order valence-corrected chi connectivity index (χ3v) is 3.92. The monoisotopic (exact) mass is 235 g/mol. The number of hydrogen-bond donors (Lipinski definition) is 2. The Labute approximate surface area is 100 Å². The van der Waals surface area contributed by atoms with Gasteiger partial charge in [-0.1, -0.05) is 19.4 Å². The second kappa shape index (κ2) is 4.45. The average molecular weight is 235 g/mol. The lowest BCUT2D eigenvalue weighted by molar-refractivity contribution is -0.145. The third-order valence-electron chi connectivity index (χ3n) is 3.92. The number of carboxylic acid groups (broad SMARTS) is 1. The molecule has 1 unspecified atom stereocenters. The molecule has 0 bridgehead atoms. The van der Waals surface area contributed by atoms with Crippen molar-refractivity contribution < 1.29 is 15.0 Å². The molecule has 2 rings (SSSR count). The lowest BCUT2D eigenvalue weighted by Gasteiger charge is -2.44. The number of carbonyl (C=O) groups is 1. The van der Waals surface area contributed by atoms with E-state index in [0.29, 0.717) is 5.69 Å². The van der Waals surface area contributed by atoms with Gasteiger partial charge in [0.1, 0.15) is 0 Å². The number of pyridine rings is 1. The van der Waals surface area contributed by atoms with Crippen LogP contribution < -0.4 is 0 Å². The zero-order valence-corrected chi connectivity index (χ0v) is 9.89. The molecule has 1 aliphatic carbocycles. The van der Waals surface area contributed by atoms with E-state index in [1.54, 1.807) is 13.0 Å². The summed E-state index contributed by atoms with van der Waals surface area (Å²) in [6.07, 6.45) is 2.77. The summed E-state index contributed by atoms with van der Waals surface area (Å²) in [5.41, 5.74) is 1.08. The summed E-state index contributed by atoms with van der Waals surface area (Å²) in [5.74, 6) is -1.21. The number of aliphatic hydroxyl groups is 1. The highest BCUT2D eigenvalue weighted by Crippen LogP contribution is 2.48. The molecule has 0 aromatic carbocycles. The molecular weight excluding hydrogens is 218 g/mol. The number of rotatable bonds is 4. The van der Waals surface area contributed by atoms with E-state index in [-0.39, 0.29) is 12.0 Å². The topological polar surface area (TPSA) is 70.4 Å². The van der Waals surface area contributed by atoms with Gasteiger partial charge in [0.25, 0.3) is 0 Å². The summed E-state index contributed by atoms with van der Waals surface area (Å²) >= 11 is 0. The van der Waals surface area contributed by atoms with Gasteiger partial charge in [0.15, 0.2) is 0 Å². The number of carboxylic acids is 1. The summed E-state index contributed by atoms with van der Waals surface area (Å²) in [6.45, 7) is 1.64. The first kappa shape index (κ1) is 12.0. The number of nitrogens with zero attached hydrogens (tertiary/aromatic N) is 1. The van der Waals surface area contributed by atoms with Crippen LogP contribution in [-0.2, 0) is 16.8 Å². The van der Waals surface area contributed by atoms with Crippen LogP contribution in [0.2, 0.25) is 0 Å². The van der Waals surface area contributed by atoms with Crippen molar-refractivity contribution in [2.24, 2.45) is 5.92 Å². The Bertz CT molecular complexity index is 426. The van der Waals surface area contributed by atoms with E-state index in [0.717, 1.165) is 25.0 Å². The molecule has 0 radical (unpaired) electrons. The molecule has 0 spiro atoms. The summed E-state index contributed by atoms with van der Waals surface area (Å²) < 4.78 is 0. The van der Waals surface area contributed by atoms with Crippen molar-refractivity contribution in [3.8, 4) is 0 Å². The maximum Gasteiger partial charge on any atom is 0.307 e. The molecule has 0 aliphatic heterocycles. The zero-order valence-electron chi connectivity index (χ0n) is 9.89. The van der Waals surface area contributed by atoms with Crippen molar-refractivity contribution in [1.82, 2.24) is 4.98 Å². The molecule has 17 heavy (non-hydrogen) atoms. The van der Waals surface area contributed by atoms with Gasteiger partial charge < -0.3 is 10.2 Å². The second-order valence-electron chi connectivity index (χ2n) is 4.74. The van der Waals surface area contributed by atoms with Crippen molar-refractivity contribution in [3.63, 3.8) is 0 Å². The van der Waals surface area contributed by atoms with Crippen molar-refractivity contribution in [3.05, 3.63) is 29.6 Å². The number of hydrogen-bond acceptors (Lipinski definition) is 3. The fourth-order valence-corrected chi connectivity index (χ4v) is 2.55. The van der Waals surface area contributed by atoms with E-state index in [1.165, 1.54) is 0 Å². The van der Waals surface area contributed by atoms with Gasteiger partial charge in [0.2, 0.25) is 0 Å². The predicted octanol–water partition coefficient (Wildman–Crippen LogP) is 1.72. The summed E-state index contributed by atoms with van der Waals surface area (Å²) in [5, 5.41) is 18.3. The van der Waals surface area contributed by atoms with E-state index < -0.39 is 11.9 Å². The lowest BCUT2D eigenvalue weighted by Crippen LogP contribution is -2.44. The summed E-state index contributed by atoms with van der Waals surface area (Å²) in [6, 6.07) is 5.46. The third kappa shape index (κ3) is 1.93. The van der Waals surface area contributed by atoms with Gasteiger partial charge in [0, 0.05) is 11.1 Å². The molecule has 1 aliphatic rings. The number of aliphatic carboxylic acids is 1. The average Bonchev–Trinajstić information content (AvgIpc) is 2.27. The Morgan fingerprint density at radius 1 is 1.53 bits per heavy atom. The Hall–Kier alpha value is -1.42. The summed E-state index contributed by atoms with van der Waals surface area (Å²) in [4.78, 5) is 15.6. The fourth-order valence-electron chi connectivity index (χ4n) is 2.55. The van der Waals surface area contributed by atoms with Crippen LogP contribution >= 0.6 is 0 Å². The van der Waals surface area contributed by atoms with Gasteiger partial charge in [-0.25, -0.2) is 0 Å². The minimum absolute atomic E-state index is 0.106. The highest BCUT2D eigenvalue weighted by atomic mass is 16.4. The van der Waals surface area contributed by atoms with E-state index in [9.17, 15) is 9.90 Å². The maximum atomic E-state index is 11.2. The van der Waals surface area contributed by atoms with Gasteiger partial charge in [-0.15, -0.1) is 0 Å². The molecule has 1 atom stereocenters. The van der Waals surface area contributed by atoms with Gasteiger partial charge in [-0.05, 0) is 25.0 Å². The molecule has 2 N–H and O–H groups in total. The maximum absolute atomic E-state index is 11.2. The second-order valence-corrected chi connectivity index (χ2v) is 4.74. The molecular formula is C13H17NO3. The molecule has 4 heteroatoms. The Morgan fingerprint density at radius 2 is 2.24 bits per heavy atom. The van der Waals surface area contributed by atoms with Crippen LogP contribution in [0.5, 0.6) is 0 Å². The molecule has 4 nitrogen and oxygen atoms in total. The van der Waals surface area contributed by atoms with Gasteiger partial charge in [0.05, 0.1) is 18.2 Å². The number of aliphatic hydroxyl groups excluding tert-OH is 1. The smallest absolute Gasteiger partial charge is 0.307 e. The van der Waals surface area contributed by atoms with E-state index >= 15 is 0 Å².